The SMILES string of the molecule is NCCC1CCCCN1c1c(F)c(F)c(F)c(F)c1F. The average Bonchev–Trinajstić information content (AvgIpc) is 2.45. The van der Waals surface area contributed by atoms with Crippen LogP contribution >= 0.6 is 0 Å². The van der Waals surface area contributed by atoms with Crippen LogP contribution < -0.4 is 10.6 Å². The normalized spacial score (nSPS) is 19.5. The molecule has 0 spiro atoms. The molecule has 1 unspecified atom stereocenters. The number of halogens is 5. The standard InChI is InChI=1S/C13H15F5N2/c14-8-9(15)11(17)13(12(18)10(8)16)20-6-2-1-3-7(20)4-5-19/h7H,1-6,19H2. The van der Waals surface area contributed by atoms with E-state index in [1.165, 1.54) is 4.90 Å². The number of nitrogens with zero attached hydrogens (tertiary/aromatic N) is 1. The van der Waals surface area contributed by atoms with Crippen LogP contribution in [0.2, 0.25) is 0 Å². The van der Waals surface area contributed by atoms with Gasteiger partial charge in [-0.3, -0.25) is 0 Å². The van der Waals surface area contributed by atoms with Crippen molar-refractivity contribution in [3.8, 4) is 0 Å². The van der Waals surface area contributed by atoms with E-state index in [2.05, 4.69) is 0 Å². The Morgan fingerprint density at radius 3 is 2.00 bits per heavy atom. The monoisotopic (exact) mass is 294 g/mol. The molecule has 0 aliphatic carbocycles. The van der Waals surface area contributed by atoms with E-state index in [0.29, 0.717) is 19.3 Å². The fraction of sp³-hybridized carbons (Fsp3) is 0.538. The fourth-order valence-electron chi connectivity index (χ4n) is 2.63. The lowest BCUT2D eigenvalue weighted by atomic mass is 9.98. The van der Waals surface area contributed by atoms with Gasteiger partial charge in [0.2, 0.25) is 5.82 Å². The van der Waals surface area contributed by atoms with Crippen LogP contribution in [0, 0.1) is 29.1 Å². The van der Waals surface area contributed by atoms with Crippen molar-refractivity contribution in [2.24, 2.45) is 5.73 Å². The van der Waals surface area contributed by atoms with Crippen molar-refractivity contribution in [2.75, 3.05) is 18.0 Å². The lowest BCUT2D eigenvalue weighted by Gasteiger charge is -2.37. The van der Waals surface area contributed by atoms with Crippen LogP contribution in [0.1, 0.15) is 25.7 Å². The Morgan fingerprint density at radius 1 is 0.900 bits per heavy atom. The fourth-order valence-corrected chi connectivity index (χ4v) is 2.63. The maximum Gasteiger partial charge on any atom is 0.200 e. The highest BCUT2D eigenvalue weighted by atomic mass is 19.2. The number of hydrogen-bond donors (Lipinski definition) is 1. The summed E-state index contributed by atoms with van der Waals surface area (Å²) in [6.45, 7) is 0.541. The van der Waals surface area contributed by atoms with Gasteiger partial charge in [0.15, 0.2) is 23.3 Å². The molecule has 1 aromatic carbocycles. The summed E-state index contributed by atoms with van der Waals surface area (Å²) in [5.41, 5.74) is 4.60. The number of benzene rings is 1. The number of rotatable bonds is 3. The minimum absolute atomic E-state index is 0.253. The van der Waals surface area contributed by atoms with Gasteiger partial charge < -0.3 is 10.6 Å². The van der Waals surface area contributed by atoms with Gasteiger partial charge in [0, 0.05) is 12.6 Å². The summed E-state index contributed by atoms with van der Waals surface area (Å²) in [6, 6.07) is -0.304. The largest absolute Gasteiger partial charge is 0.364 e. The van der Waals surface area contributed by atoms with Gasteiger partial charge in [0.25, 0.3) is 0 Å². The van der Waals surface area contributed by atoms with E-state index < -0.39 is 34.8 Å². The van der Waals surface area contributed by atoms with Crippen LogP contribution in [0.5, 0.6) is 0 Å². The molecule has 2 rings (SSSR count). The Kier molecular flexibility index (Phi) is 4.47. The van der Waals surface area contributed by atoms with Crippen molar-refractivity contribution < 1.29 is 22.0 Å². The number of nitrogens with two attached hydrogens (primary N) is 1. The van der Waals surface area contributed by atoms with Gasteiger partial charge in [-0.2, -0.15) is 0 Å². The van der Waals surface area contributed by atoms with Gasteiger partial charge in [-0.1, -0.05) is 0 Å². The topological polar surface area (TPSA) is 29.3 Å². The molecule has 7 heteroatoms. The lowest BCUT2D eigenvalue weighted by Crippen LogP contribution is -2.42. The quantitative estimate of drug-likeness (QED) is 0.527. The summed E-state index contributed by atoms with van der Waals surface area (Å²) in [5, 5.41) is 0. The number of piperidine rings is 1. The summed E-state index contributed by atoms with van der Waals surface area (Å²) in [6.07, 6.45) is 2.55. The zero-order valence-corrected chi connectivity index (χ0v) is 10.7. The minimum atomic E-state index is -2.13. The lowest BCUT2D eigenvalue weighted by molar-refractivity contribution is 0.366. The molecule has 112 valence electrons. The van der Waals surface area contributed by atoms with Crippen LogP contribution in [0.3, 0.4) is 0 Å². The molecule has 1 saturated heterocycles. The Hall–Kier alpha value is -1.37. The minimum Gasteiger partial charge on any atom is -0.364 e. The van der Waals surface area contributed by atoms with E-state index in [9.17, 15) is 22.0 Å². The van der Waals surface area contributed by atoms with Crippen molar-refractivity contribution in [1.29, 1.82) is 0 Å². The molecule has 1 aromatic rings. The van der Waals surface area contributed by atoms with Crippen molar-refractivity contribution >= 4 is 5.69 Å². The Morgan fingerprint density at radius 2 is 1.45 bits per heavy atom. The molecular weight excluding hydrogens is 279 g/mol. The average molecular weight is 294 g/mol. The Bertz CT molecular complexity index is 475. The van der Waals surface area contributed by atoms with Crippen LogP contribution in [-0.4, -0.2) is 19.1 Å². The van der Waals surface area contributed by atoms with Crippen LogP contribution in [0.25, 0.3) is 0 Å². The first-order valence-electron chi connectivity index (χ1n) is 6.47. The van der Waals surface area contributed by atoms with Gasteiger partial charge in [-0.15, -0.1) is 0 Å². The summed E-state index contributed by atoms with van der Waals surface area (Å²) < 4.78 is 67.2. The molecule has 0 amide bonds. The van der Waals surface area contributed by atoms with E-state index in [4.69, 9.17) is 5.73 Å². The zero-order chi connectivity index (χ0) is 14.9. The molecule has 2 nitrogen and oxygen atoms in total. The molecule has 0 bridgehead atoms. The third-order valence-corrected chi connectivity index (χ3v) is 3.60. The Labute approximate surface area is 113 Å². The summed E-state index contributed by atoms with van der Waals surface area (Å²) in [7, 11) is 0. The molecule has 0 aromatic heterocycles. The van der Waals surface area contributed by atoms with E-state index in [1.54, 1.807) is 0 Å². The van der Waals surface area contributed by atoms with Crippen molar-refractivity contribution in [3.63, 3.8) is 0 Å². The smallest absolute Gasteiger partial charge is 0.200 e. The van der Waals surface area contributed by atoms with Gasteiger partial charge in [-0.05, 0) is 32.2 Å². The maximum atomic E-state index is 13.8. The summed E-state index contributed by atoms with van der Waals surface area (Å²) in [4.78, 5) is 1.26. The molecule has 1 aliphatic rings. The molecule has 1 atom stereocenters. The first-order valence-corrected chi connectivity index (χ1v) is 6.47. The summed E-state index contributed by atoms with van der Waals surface area (Å²) >= 11 is 0. The molecule has 0 radical (unpaired) electrons. The highest BCUT2D eigenvalue weighted by Gasteiger charge is 2.33. The molecule has 0 saturated carbocycles. The predicted molar refractivity (Wildman–Crippen MR) is 64.9 cm³/mol. The van der Waals surface area contributed by atoms with E-state index >= 15 is 0 Å². The van der Waals surface area contributed by atoms with E-state index in [1.807, 2.05) is 0 Å². The van der Waals surface area contributed by atoms with Crippen molar-refractivity contribution in [2.45, 2.75) is 31.7 Å². The van der Waals surface area contributed by atoms with Crippen LogP contribution in [0.4, 0.5) is 27.6 Å². The third-order valence-electron chi connectivity index (χ3n) is 3.60. The van der Waals surface area contributed by atoms with Gasteiger partial charge in [0.1, 0.15) is 5.69 Å². The first kappa shape index (κ1) is 15.0. The zero-order valence-electron chi connectivity index (χ0n) is 10.7. The number of anilines is 1. The first-order chi connectivity index (χ1) is 9.49. The van der Waals surface area contributed by atoms with Gasteiger partial charge >= 0.3 is 0 Å². The second kappa shape index (κ2) is 5.95. The van der Waals surface area contributed by atoms with Crippen LogP contribution in [0.15, 0.2) is 0 Å². The molecule has 20 heavy (non-hydrogen) atoms. The second-order valence-electron chi connectivity index (χ2n) is 4.84. The van der Waals surface area contributed by atoms with E-state index in [-0.39, 0.29) is 19.1 Å². The van der Waals surface area contributed by atoms with Crippen LogP contribution in [-0.2, 0) is 0 Å². The predicted octanol–water partition coefficient (Wildman–Crippen LogP) is 3.09. The summed E-state index contributed by atoms with van der Waals surface area (Å²) in [5.74, 6) is -9.49. The third kappa shape index (κ3) is 2.46. The van der Waals surface area contributed by atoms with Crippen molar-refractivity contribution in [1.82, 2.24) is 0 Å². The highest BCUT2D eigenvalue weighted by Crippen LogP contribution is 2.34. The Balaban J connectivity index is 2.50. The number of hydrogen-bond acceptors (Lipinski definition) is 2. The van der Waals surface area contributed by atoms with Gasteiger partial charge in [0.05, 0.1) is 0 Å². The highest BCUT2D eigenvalue weighted by molar-refractivity contribution is 5.51. The molecular formula is C13H15F5N2. The second-order valence-corrected chi connectivity index (χ2v) is 4.84. The van der Waals surface area contributed by atoms with E-state index in [0.717, 1.165) is 6.42 Å². The molecule has 1 heterocycles. The molecule has 2 N–H and O–H groups in total. The molecule has 1 fully saturated rings. The molecule has 1 aliphatic heterocycles. The van der Waals surface area contributed by atoms with Crippen molar-refractivity contribution in [3.05, 3.63) is 29.1 Å². The van der Waals surface area contributed by atoms with Gasteiger partial charge in [-0.25, -0.2) is 22.0 Å². The maximum absolute atomic E-state index is 13.8.